The van der Waals surface area contributed by atoms with Crippen LogP contribution in [0, 0.1) is 0 Å². The Morgan fingerprint density at radius 2 is 2.15 bits per heavy atom. The van der Waals surface area contributed by atoms with Gasteiger partial charge in [-0.25, -0.2) is 17.9 Å². The van der Waals surface area contributed by atoms with E-state index in [0.717, 1.165) is 25.3 Å². The van der Waals surface area contributed by atoms with E-state index in [-0.39, 0.29) is 17.0 Å². The predicted molar refractivity (Wildman–Crippen MR) is 72.2 cm³/mol. The molecule has 0 aliphatic heterocycles. The molecule has 0 spiro atoms. The van der Waals surface area contributed by atoms with E-state index < -0.39 is 21.6 Å². The molecule has 0 bridgehead atoms. The Bertz CT molecular complexity index is 601. The molecule has 1 aliphatic rings. The number of ether oxygens (including phenoxy) is 1. The zero-order valence-corrected chi connectivity index (χ0v) is 11.9. The van der Waals surface area contributed by atoms with Gasteiger partial charge in [-0.05, 0) is 37.5 Å². The van der Waals surface area contributed by atoms with Crippen LogP contribution in [0.1, 0.15) is 29.6 Å². The van der Waals surface area contributed by atoms with Crippen LogP contribution in [0.2, 0.25) is 0 Å². The van der Waals surface area contributed by atoms with Gasteiger partial charge in [-0.2, -0.15) is 0 Å². The number of carboxylic acid groups (broad SMARTS) is 1. The lowest BCUT2D eigenvalue weighted by molar-refractivity contribution is -0.0659. The number of hydrogen-bond acceptors (Lipinski definition) is 4. The van der Waals surface area contributed by atoms with Crippen molar-refractivity contribution in [3.8, 4) is 0 Å². The summed E-state index contributed by atoms with van der Waals surface area (Å²) in [5, 5.41) is 8.88. The largest absolute Gasteiger partial charge is 0.478 e. The van der Waals surface area contributed by atoms with Crippen molar-refractivity contribution >= 4 is 16.0 Å². The van der Waals surface area contributed by atoms with Crippen LogP contribution in [0.25, 0.3) is 0 Å². The molecule has 1 aliphatic carbocycles. The number of sulfonamides is 1. The van der Waals surface area contributed by atoms with Crippen LogP contribution >= 0.6 is 0 Å². The van der Waals surface area contributed by atoms with Crippen LogP contribution in [0.3, 0.4) is 0 Å². The lowest BCUT2D eigenvalue weighted by Gasteiger charge is -2.40. The second-order valence-corrected chi connectivity index (χ2v) is 6.67. The van der Waals surface area contributed by atoms with Gasteiger partial charge in [-0.15, -0.1) is 0 Å². The number of benzene rings is 1. The minimum Gasteiger partial charge on any atom is -0.478 e. The number of aromatic carboxylic acids is 1. The second-order valence-electron chi connectivity index (χ2n) is 4.90. The minimum atomic E-state index is -3.73. The summed E-state index contributed by atoms with van der Waals surface area (Å²) in [6, 6.07) is 5.28. The SMILES string of the molecule is COC1(CNS(=O)(=O)c2cccc(C(=O)O)c2)CCC1. The highest BCUT2D eigenvalue weighted by molar-refractivity contribution is 7.89. The van der Waals surface area contributed by atoms with Crippen LogP contribution in [0.5, 0.6) is 0 Å². The standard InChI is InChI=1S/C13H17NO5S/c1-19-13(6-3-7-13)9-14-20(17,18)11-5-2-4-10(8-11)12(15)16/h2,4-5,8,14H,3,6-7,9H2,1H3,(H,15,16). The first-order chi connectivity index (χ1) is 9.38. The van der Waals surface area contributed by atoms with E-state index in [4.69, 9.17) is 9.84 Å². The summed E-state index contributed by atoms with van der Waals surface area (Å²) in [5.74, 6) is -1.16. The Morgan fingerprint density at radius 1 is 1.45 bits per heavy atom. The maximum Gasteiger partial charge on any atom is 0.335 e. The molecular formula is C13H17NO5S. The zero-order chi connectivity index (χ0) is 14.8. The van der Waals surface area contributed by atoms with E-state index in [1.54, 1.807) is 7.11 Å². The van der Waals surface area contributed by atoms with Gasteiger partial charge in [0, 0.05) is 13.7 Å². The summed E-state index contributed by atoms with van der Waals surface area (Å²) in [7, 11) is -2.16. The number of methoxy groups -OCH3 is 1. The highest BCUT2D eigenvalue weighted by atomic mass is 32.2. The first kappa shape index (κ1) is 15.0. The molecule has 6 nitrogen and oxygen atoms in total. The summed E-state index contributed by atoms with van der Waals surface area (Å²) in [4.78, 5) is 10.8. The molecule has 2 rings (SSSR count). The molecule has 1 aromatic rings. The van der Waals surface area contributed by atoms with Crippen molar-refractivity contribution in [1.29, 1.82) is 0 Å². The number of rotatable bonds is 6. The maximum absolute atomic E-state index is 12.2. The van der Waals surface area contributed by atoms with Gasteiger partial charge < -0.3 is 9.84 Å². The molecule has 0 amide bonds. The van der Waals surface area contributed by atoms with Crippen molar-refractivity contribution in [3.63, 3.8) is 0 Å². The van der Waals surface area contributed by atoms with Gasteiger partial charge in [-0.1, -0.05) is 6.07 Å². The predicted octanol–water partition coefficient (Wildman–Crippen LogP) is 1.23. The molecule has 7 heteroatoms. The lowest BCUT2D eigenvalue weighted by atomic mass is 9.80. The first-order valence-electron chi connectivity index (χ1n) is 6.27. The van der Waals surface area contributed by atoms with Gasteiger partial charge in [0.1, 0.15) is 0 Å². The molecule has 0 aromatic heterocycles. The average Bonchev–Trinajstić information content (AvgIpc) is 2.38. The number of carbonyl (C=O) groups is 1. The van der Waals surface area contributed by atoms with E-state index in [1.165, 1.54) is 18.2 Å². The van der Waals surface area contributed by atoms with Crippen molar-refractivity contribution in [2.75, 3.05) is 13.7 Å². The Morgan fingerprint density at radius 3 is 2.65 bits per heavy atom. The summed E-state index contributed by atoms with van der Waals surface area (Å²) in [5.41, 5.74) is -0.477. The molecule has 1 aromatic carbocycles. The van der Waals surface area contributed by atoms with Crippen LogP contribution in [-0.2, 0) is 14.8 Å². The molecule has 0 radical (unpaired) electrons. The van der Waals surface area contributed by atoms with Crippen LogP contribution in [0.4, 0.5) is 0 Å². The third-order valence-corrected chi connectivity index (χ3v) is 5.07. The second kappa shape index (κ2) is 5.51. The Hall–Kier alpha value is -1.44. The molecule has 0 saturated heterocycles. The smallest absolute Gasteiger partial charge is 0.335 e. The Labute approximate surface area is 117 Å². The van der Waals surface area contributed by atoms with Gasteiger partial charge in [0.25, 0.3) is 0 Å². The Balaban J connectivity index is 2.14. The number of nitrogens with one attached hydrogen (secondary N) is 1. The molecule has 0 atom stereocenters. The minimum absolute atomic E-state index is 0.0528. The van der Waals surface area contributed by atoms with Gasteiger partial charge in [-0.3, -0.25) is 0 Å². The van der Waals surface area contributed by atoms with Crippen LogP contribution in [0.15, 0.2) is 29.2 Å². The third-order valence-electron chi connectivity index (χ3n) is 3.67. The van der Waals surface area contributed by atoms with E-state index in [1.807, 2.05) is 0 Å². The van der Waals surface area contributed by atoms with E-state index in [0.29, 0.717) is 0 Å². The van der Waals surface area contributed by atoms with Crippen molar-refractivity contribution in [1.82, 2.24) is 4.72 Å². The molecule has 2 N–H and O–H groups in total. The number of hydrogen-bond donors (Lipinski definition) is 2. The van der Waals surface area contributed by atoms with Gasteiger partial charge in [0.05, 0.1) is 16.1 Å². The van der Waals surface area contributed by atoms with Crippen molar-refractivity contribution in [3.05, 3.63) is 29.8 Å². The molecule has 0 heterocycles. The fraction of sp³-hybridized carbons (Fsp3) is 0.462. The van der Waals surface area contributed by atoms with Gasteiger partial charge in [0.15, 0.2) is 0 Å². The summed E-state index contributed by atoms with van der Waals surface area (Å²) in [6.07, 6.45) is 2.66. The van der Waals surface area contributed by atoms with Crippen LogP contribution < -0.4 is 4.72 Å². The van der Waals surface area contributed by atoms with Gasteiger partial charge >= 0.3 is 5.97 Å². The molecule has 0 unspecified atom stereocenters. The summed E-state index contributed by atoms with van der Waals surface area (Å²) >= 11 is 0. The van der Waals surface area contributed by atoms with E-state index in [2.05, 4.69) is 4.72 Å². The van der Waals surface area contributed by atoms with Crippen LogP contribution in [-0.4, -0.2) is 38.7 Å². The lowest BCUT2D eigenvalue weighted by Crippen LogP contribution is -2.49. The fourth-order valence-corrected chi connectivity index (χ4v) is 3.29. The van der Waals surface area contributed by atoms with E-state index >= 15 is 0 Å². The molecule has 1 saturated carbocycles. The average molecular weight is 299 g/mol. The number of carboxylic acids is 1. The first-order valence-corrected chi connectivity index (χ1v) is 7.75. The highest BCUT2D eigenvalue weighted by Crippen LogP contribution is 2.34. The topological polar surface area (TPSA) is 92.7 Å². The quantitative estimate of drug-likeness (QED) is 0.824. The monoisotopic (exact) mass is 299 g/mol. The molecule has 1 fully saturated rings. The zero-order valence-electron chi connectivity index (χ0n) is 11.1. The van der Waals surface area contributed by atoms with E-state index in [9.17, 15) is 13.2 Å². The Kier molecular flexibility index (Phi) is 4.12. The molecule has 110 valence electrons. The summed E-state index contributed by atoms with van der Waals surface area (Å²) in [6.45, 7) is 0.198. The normalized spacial score (nSPS) is 17.4. The molecular weight excluding hydrogens is 282 g/mol. The molecule has 20 heavy (non-hydrogen) atoms. The van der Waals surface area contributed by atoms with Crippen molar-refractivity contribution < 1.29 is 23.1 Å². The summed E-state index contributed by atoms with van der Waals surface area (Å²) < 4.78 is 32.1. The van der Waals surface area contributed by atoms with Crippen molar-refractivity contribution in [2.45, 2.75) is 29.8 Å². The maximum atomic E-state index is 12.2. The highest BCUT2D eigenvalue weighted by Gasteiger charge is 2.38. The third kappa shape index (κ3) is 3.00. The fourth-order valence-electron chi connectivity index (χ4n) is 2.13. The van der Waals surface area contributed by atoms with Gasteiger partial charge in [0.2, 0.25) is 10.0 Å². The van der Waals surface area contributed by atoms with Crippen molar-refractivity contribution in [2.24, 2.45) is 0 Å².